The first-order valence-corrected chi connectivity index (χ1v) is 8.56. The van der Waals surface area contributed by atoms with E-state index < -0.39 is 0 Å². The van der Waals surface area contributed by atoms with E-state index in [1.54, 1.807) is 4.90 Å². The van der Waals surface area contributed by atoms with Gasteiger partial charge in [0.1, 0.15) is 0 Å². The Balaban J connectivity index is 1.48. The maximum absolute atomic E-state index is 12.4. The molecule has 1 N–H and O–H groups in total. The molecule has 0 saturated carbocycles. The highest BCUT2D eigenvalue weighted by Crippen LogP contribution is 2.11. The number of rotatable bonds is 3. The zero-order valence-corrected chi connectivity index (χ0v) is 14.4. The molecule has 0 aromatic heterocycles. The van der Waals surface area contributed by atoms with Gasteiger partial charge in [0.05, 0.1) is 6.42 Å². The quantitative estimate of drug-likeness (QED) is 0.936. The minimum atomic E-state index is -0.114. The monoisotopic (exact) mass is 337 g/mol. The van der Waals surface area contributed by atoms with Crippen molar-refractivity contribution < 1.29 is 9.59 Å². The average Bonchev–Trinajstić information content (AvgIpc) is 2.64. The van der Waals surface area contributed by atoms with Gasteiger partial charge in [-0.05, 0) is 24.6 Å². The zero-order valence-electron chi connectivity index (χ0n) is 14.4. The number of benzene rings is 2. The van der Waals surface area contributed by atoms with Gasteiger partial charge in [0.15, 0.2) is 0 Å². The third kappa shape index (κ3) is 4.59. The largest absolute Gasteiger partial charge is 0.339 e. The number of nitrogens with one attached hydrogen (secondary N) is 1. The fourth-order valence-corrected chi connectivity index (χ4v) is 2.88. The molecule has 1 heterocycles. The Morgan fingerprint density at radius 2 is 1.48 bits per heavy atom. The van der Waals surface area contributed by atoms with Crippen LogP contribution in [0.4, 0.5) is 10.5 Å². The third-order valence-electron chi connectivity index (χ3n) is 4.42. The Hall–Kier alpha value is -2.82. The normalized spacial score (nSPS) is 14.3. The molecule has 0 unspecified atom stereocenters. The van der Waals surface area contributed by atoms with Gasteiger partial charge in [0.2, 0.25) is 5.91 Å². The summed E-state index contributed by atoms with van der Waals surface area (Å²) in [6.07, 6.45) is 0.413. The number of carbonyl (C=O) groups is 2. The van der Waals surface area contributed by atoms with Crippen molar-refractivity contribution in [1.82, 2.24) is 9.80 Å². The van der Waals surface area contributed by atoms with Crippen LogP contribution in [-0.2, 0) is 11.2 Å². The highest BCUT2D eigenvalue weighted by Gasteiger charge is 2.24. The van der Waals surface area contributed by atoms with Gasteiger partial charge >= 0.3 is 6.03 Å². The van der Waals surface area contributed by atoms with Crippen LogP contribution in [0, 0.1) is 6.92 Å². The van der Waals surface area contributed by atoms with Crippen LogP contribution in [0.2, 0.25) is 0 Å². The molecule has 0 radical (unpaired) electrons. The summed E-state index contributed by atoms with van der Waals surface area (Å²) in [5, 5.41) is 2.88. The highest BCUT2D eigenvalue weighted by atomic mass is 16.2. The van der Waals surface area contributed by atoms with Crippen LogP contribution >= 0.6 is 0 Å². The van der Waals surface area contributed by atoms with Crippen LogP contribution < -0.4 is 5.32 Å². The van der Waals surface area contributed by atoms with E-state index in [2.05, 4.69) is 5.32 Å². The second kappa shape index (κ2) is 7.83. The van der Waals surface area contributed by atoms with Crippen molar-refractivity contribution in [2.45, 2.75) is 13.3 Å². The third-order valence-corrected chi connectivity index (χ3v) is 4.42. The molecule has 1 aliphatic heterocycles. The fraction of sp³-hybridized carbons (Fsp3) is 0.300. The Morgan fingerprint density at radius 1 is 0.880 bits per heavy atom. The summed E-state index contributed by atoms with van der Waals surface area (Å²) >= 11 is 0. The molecule has 2 aromatic carbocycles. The minimum absolute atomic E-state index is 0.114. The van der Waals surface area contributed by atoms with Gasteiger partial charge in [0.25, 0.3) is 0 Å². The van der Waals surface area contributed by atoms with Crippen LogP contribution in [0.25, 0.3) is 0 Å². The van der Waals surface area contributed by atoms with Crippen LogP contribution in [0.15, 0.2) is 54.6 Å². The van der Waals surface area contributed by atoms with Gasteiger partial charge in [-0.15, -0.1) is 0 Å². The SMILES string of the molecule is Cc1ccc(CC(=O)N2CCN(C(=O)Nc3ccccc3)CC2)cc1. The van der Waals surface area contributed by atoms with Crippen molar-refractivity contribution in [1.29, 1.82) is 0 Å². The number of aryl methyl sites for hydroxylation is 1. The van der Waals surface area contributed by atoms with E-state index in [-0.39, 0.29) is 11.9 Å². The molecular weight excluding hydrogens is 314 g/mol. The lowest BCUT2D eigenvalue weighted by Crippen LogP contribution is -2.52. The first-order chi connectivity index (χ1) is 12.1. The maximum Gasteiger partial charge on any atom is 0.321 e. The highest BCUT2D eigenvalue weighted by molar-refractivity contribution is 5.89. The molecule has 0 aliphatic carbocycles. The lowest BCUT2D eigenvalue weighted by atomic mass is 10.1. The number of hydrogen-bond acceptors (Lipinski definition) is 2. The van der Waals surface area contributed by atoms with E-state index in [9.17, 15) is 9.59 Å². The topological polar surface area (TPSA) is 52.7 Å². The van der Waals surface area contributed by atoms with Crippen LogP contribution in [0.1, 0.15) is 11.1 Å². The van der Waals surface area contributed by atoms with Gasteiger partial charge in [-0.3, -0.25) is 4.79 Å². The number of carbonyl (C=O) groups excluding carboxylic acids is 2. The molecule has 2 aromatic rings. The molecule has 1 fully saturated rings. The van der Waals surface area contributed by atoms with Crippen LogP contribution in [0.5, 0.6) is 0 Å². The molecule has 3 amide bonds. The van der Waals surface area contributed by atoms with E-state index in [4.69, 9.17) is 0 Å². The Morgan fingerprint density at radius 3 is 2.12 bits per heavy atom. The standard InChI is InChI=1S/C20H23N3O2/c1-16-7-9-17(10-8-16)15-19(24)22-11-13-23(14-12-22)20(25)21-18-5-3-2-4-6-18/h2-10H,11-15H2,1H3,(H,21,25). The summed E-state index contributed by atoms with van der Waals surface area (Å²) in [4.78, 5) is 28.3. The minimum Gasteiger partial charge on any atom is -0.339 e. The van der Waals surface area contributed by atoms with Gasteiger partial charge in [-0.2, -0.15) is 0 Å². The smallest absolute Gasteiger partial charge is 0.321 e. The molecule has 0 bridgehead atoms. The van der Waals surface area contributed by atoms with E-state index in [1.165, 1.54) is 5.56 Å². The predicted octanol–water partition coefficient (Wildman–Crippen LogP) is 2.91. The van der Waals surface area contributed by atoms with E-state index in [0.717, 1.165) is 11.3 Å². The Kier molecular flexibility index (Phi) is 5.33. The van der Waals surface area contributed by atoms with Gasteiger partial charge in [-0.25, -0.2) is 4.79 Å². The predicted molar refractivity (Wildman–Crippen MR) is 98.5 cm³/mol. The summed E-state index contributed by atoms with van der Waals surface area (Å²) in [6, 6.07) is 17.3. The number of hydrogen-bond donors (Lipinski definition) is 1. The van der Waals surface area contributed by atoms with E-state index in [0.29, 0.717) is 32.6 Å². The molecule has 0 spiro atoms. The summed E-state index contributed by atoms with van der Waals surface area (Å²) < 4.78 is 0. The molecule has 5 nitrogen and oxygen atoms in total. The lowest BCUT2D eigenvalue weighted by molar-refractivity contribution is -0.131. The van der Waals surface area contributed by atoms with E-state index in [1.807, 2.05) is 66.4 Å². The van der Waals surface area contributed by atoms with Gasteiger partial charge in [-0.1, -0.05) is 48.0 Å². The number of urea groups is 1. The number of amides is 3. The number of para-hydroxylation sites is 1. The molecule has 1 saturated heterocycles. The number of anilines is 1. The summed E-state index contributed by atoms with van der Waals surface area (Å²) in [6.45, 7) is 4.29. The van der Waals surface area contributed by atoms with Crippen molar-refractivity contribution >= 4 is 17.6 Å². The Labute approximate surface area is 148 Å². The molecule has 5 heteroatoms. The van der Waals surface area contributed by atoms with Crippen LogP contribution in [-0.4, -0.2) is 47.9 Å². The summed E-state index contributed by atoms with van der Waals surface area (Å²) in [5.74, 6) is 0.118. The molecule has 0 atom stereocenters. The van der Waals surface area contributed by atoms with Crippen LogP contribution in [0.3, 0.4) is 0 Å². The van der Waals surface area contributed by atoms with Crippen molar-refractivity contribution in [3.8, 4) is 0 Å². The van der Waals surface area contributed by atoms with E-state index >= 15 is 0 Å². The molecule has 130 valence electrons. The zero-order chi connectivity index (χ0) is 17.6. The molecule has 3 rings (SSSR count). The molecular formula is C20H23N3O2. The second-order valence-electron chi connectivity index (χ2n) is 6.33. The lowest BCUT2D eigenvalue weighted by Gasteiger charge is -2.34. The Bertz CT molecular complexity index is 720. The van der Waals surface area contributed by atoms with Gasteiger partial charge < -0.3 is 15.1 Å². The van der Waals surface area contributed by atoms with Crippen molar-refractivity contribution in [3.63, 3.8) is 0 Å². The van der Waals surface area contributed by atoms with Crippen molar-refractivity contribution in [3.05, 3.63) is 65.7 Å². The summed E-state index contributed by atoms with van der Waals surface area (Å²) in [5.41, 5.74) is 3.00. The first-order valence-electron chi connectivity index (χ1n) is 8.56. The molecule has 1 aliphatic rings. The van der Waals surface area contributed by atoms with Crippen molar-refractivity contribution in [2.24, 2.45) is 0 Å². The average molecular weight is 337 g/mol. The fourth-order valence-electron chi connectivity index (χ4n) is 2.88. The number of nitrogens with zero attached hydrogens (tertiary/aromatic N) is 2. The van der Waals surface area contributed by atoms with Gasteiger partial charge in [0, 0.05) is 31.9 Å². The molecule has 25 heavy (non-hydrogen) atoms. The first kappa shape index (κ1) is 17.0. The second-order valence-corrected chi connectivity index (χ2v) is 6.33. The van der Waals surface area contributed by atoms with Crippen molar-refractivity contribution in [2.75, 3.05) is 31.5 Å². The maximum atomic E-state index is 12.4. The number of piperazine rings is 1. The summed E-state index contributed by atoms with van der Waals surface area (Å²) in [7, 11) is 0.